The Hall–Kier alpha value is -2.17. The summed E-state index contributed by atoms with van der Waals surface area (Å²) in [6, 6.07) is 8.92. The molecular weight excluding hydrogens is 275 g/mol. The van der Waals surface area contributed by atoms with Crippen LogP contribution in [0.2, 0.25) is 0 Å². The van der Waals surface area contributed by atoms with E-state index in [0.717, 1.165) is 11.6 Å². The van der Waals surface area contributed by atoms with Crippen LogP contribution in [0.5, 0.6) is 0 Å². The average molecular weight is 284 g/mol. The second-order valence-electron chi connectivity index (χ2n) is 4.08. The maximum Gasteiger partial charge on any atom is 0.200 e. The second kappa shape index (κ2) is 5.86. The van der Waals surface area contributed by atoms with Gasteiger partial charge < -0.3 is 0 Å². The Morgan fingerprint density at radius 3 is 1.75 bits per heavy atom. The van der Waals surface area contributed by atoms with Crippen LogP contribution >= 0.6 is 0 Å². The summed E-state index contributed by atoms with van der Waals surface area (Å²) in [4.78, 5) is 0. The maximum atomic E-state index is 13.4. The zero-order valence-corrected chi connectivity index (χ0v) is 10.1. The van der Waals surface area contributed by atoms with E-state index in [1.807, 2.05) is 0 Å². The lowest BCUT2D eigenvalue weighted by Crippen LogP contribution is -2.03. The molecule has 0 nitrogen and oxygen atoms in total. The molecule has 0 bridgehead atoms. The zero-order chi connectivity index (χ0) is 14.7. The molecule has 2 aromatic rings. The Kier molecular flexibility index (Phi) is 4.17. The quantitative estimate of drug-likeness (QED) is 0.437. The summed E-state index contributed by atoms with van der Waals surface area (Å²) in [5.41, 5.74) is -0.0787. The topological polar surface area (TPSA) is 0 Å². The van der Waals surface area contributed by atoms with E-state index in [4.69, 9.17) is 0 Å². The van der Waals surface area contributed by atoms with Crippen LogP contribution in [0.1, 0.15) is 11.1 Å². The van der Waals surface area contributed by atoms with Gasteiger partial charge in [-0.05, 0) is 12.0 Å². The molecule has 0 spiro atoms. The Morgan fingerprint density at radius 2 is 1.20 bits per heavy atom. The lowest BCUT2D eigenvalue weighted by atomic mass is 10.1. The Labute approximate surface area is 112 Å². The number of benzene rings is 2. The Morgan fingerprint density at radius 1 is 0.700 bits per heavy atom. The fraction of sp³-hybridized carbons (Fsp3) is 0.0667. The minimum absolute atomic E-state index is 0.320. The summed E-state index contributed by atoms with van der Waals surface area (Å²) in [6.45, 7) is 0. The molecule has 0 N–H and O–H groups in total. The molecule has 2 rings (SSSR count). The van der Waals surface area contributed by atoms with Crippen molar-refractivity contribution in [2.45, 2.75) is 6.42 Å². The van der Waals surface area contributed by atoms with Gasteiger partial charge in [-0.15, -0.1) is 0 Å². The summed E-state index contributed by atoms with van der Waals surface area (Å²) < 4.78 is 65.5. The minimum atomic E-state index is -2.15. The molecule has 0 saturated carbocycles. The van der Waals surface area contributed by atoms with Gasteiger partial charge in [-0.1, -0.05) is 42.5 Å². The third kappa shape index (κ3) is 2.71. The molecular formula is C15H9F5. The third-order valence-electron chi connectivity index (χ3n) is 2.72. The van der Waals surface area contributed by atoms with Crippen molar-refractivity contribution in [3.05, 3.63) is 76.6 Å². The maximum absolute atomic E-state index is 13.4. The van der Waals surface area contributed by atoms with Gasteiger partial charge in [0.25, 0.3) is 0 Å². The monoisotopic (exact) mass is 284 g/mol. The fourth-order valence-electron chi connectivity index (χ4n) is 1.70. The molecule has 0 heterocycles. The van der Waals surface area contributed by atoms with Crippen molar-refractivity contribution in [2.75, 3.05) is 0 Å². The van der Waals surface area contributed by atoms with E-state index in [-0.39, 0.29) is 0 Å². The van der Waals surface area contributed by atoms with Gasteiger partial charge in [0.15, 0.2) is 23.3 Å². The van der Waals surface area contributed by atoms with Crippen molar-refractivity contribution in [3.8, 4) is 0 Å². The van der Waals surface area contributed by atoms with Crippen molar-refractivity contribution in [3.63, 3.8) is 0 Å². The normalized spacial score (nSPS) is 11.2. The summed E-state index contributed by atoms with van der Waals surface area (Å²) >= 11 is 0. The van der Waals surface area contributed by atoms with Gasteiger partial charge in [0, 0.05) is 0 Å². The SMILES string of the molecule is Fc1c(F)c(F)c(/C=C/Cc2ccccc2)c(F)c1F. The van der Waals surface area contributed by atoms with Gasteiger partial charge >= 0.3 is 0 Å². The summed E-state index contributed by atoms with van der Waals surface area (Å²) in [6.07, 6.45) is 2.55. The van der Waals surface area contributed by atoms with Gasteiger partial charge in [-0.25, -0.2) is 22.0 Å². The summed E-state index contributed by atoms with van der Waals surface area (Å²) in [5, 5.41) is 0. The molecule has 5 heteroatoms. The molecule has 0 aliphatic carbocycles. The highest BCUT2D eigenvalue weighted by Crippen LogP contribution is 2.24. The zero-order valence-electron chi connectivity index (χ0n) is 10.1. The minimum Gasteiger partial charge on any atom is -0.203 e. The molecule has 0 amide bonds. The van der Waals surface area contributed by atoms with Crippen molar-refractivity contribution in [1.29, 1.82) is 0 Å². The Balaban J connectivity index is 2.30. The van der Waals surface area contributed by atoms with Crippen LogP contribution in [-0.2, 0) is 6.42 Å². The van der Waals surface area contributed by atoms with Gasteiger partial charge in [0.1, 0.15) is 0 Å². The van der Waals surface area contributed by atoms with E-state index in [0.29, 0.717) is 6.42 Å². The van der Waals surface area contributed by atoms with Crippen molar-refractivity contribution in [2.24, 2.45) is 0 Å². The third-order valence-corrected chi connectivity index (χ3v) is 2.72. The van der Waals surface area contributed by atoms with Crippen molar-refractivity contribution < 1.29 is 22.0 Å². The molecule has 0 aliphatic rings. The second-order valence-corrected chi connectivity index (χ2v) is 4.08. The Bertz CT molecular complexity index is 618. The molecule has 0 fully saturated rings. The first kappa shape index (κ1) is 14.2. The average Bonchev–Trinajstić information content (AvgIpc) is 2.48. The van der Waals surface area contributed by atoms with Crippen LogP contribution < -0.4 is 0 Å². The van der Waals surface area contributed by atoms with Crippen LogP contribution in [-0.4, -0.2) is 0 Å². The van der Waals surface area contributed by atoms with Crippen LogP contribution in [0.4, 0.5) is 22.0 Å². The number of halogens is 5. The van der Waals surface area contributed by atoms with E-state index in [1.54, 1.807) is 30.3 Å². The lowest BCUT2D eigenvalue weighted by Gasteiger charge is -2.04. The highest BCUT2D eigenvalue weighted by molar-refractivity contribution is 5.52. The molecule has 20 heavy (non-hydrogen) atoms. The first-order valence-corrected chi connectivity index (χ1v) is 5.74. The summed E-state index contributed by atoms with van der Waals surface area (Å²) in [5.74, 6) is -9.69. The van der Waals surface area contributed by atoms with Crippen molar-refractivity contribution in [1.82, 2.24) is 0 Å². The van der Waals surface area contributed by atoms with Crippen LogP contribution in [0.15, 0.2) is 36.4 Å². The largest absolute Gasteiger partial charge is 0.203 e. The van der Waals surface area contributed by atoms with E-state index in [1.165, 1.54) is 6.08 Å². The predicted octanol–water partition coefficient (Wildman–Crippen LogP) is 4.64. The van der Waals surface area contributed by atoms with Gasteiger partial charge in [0.2, 0.25) is 5.82 Å². The number of rotatable bonds is 3. The molecule has 104 valence electrons. The molecule has 0 aromatic heterocycles. The van der Waals surface area contributed by atoms with E-state index >= 15 is 0 Å². The fourth-order valence-corrected chi connectivity index (χ4v) is 1.70. The first-order valence-electron chi connectivity index (χ1n) is 5.74. The van der Waals surface area contributed by atoms with E-state index in [2.05, 4.69) is 0 Å². The smallest absolute Gasteiger partial charge is 0.200 e. The predicted molar refractivity (Wildman–Crippen MR) is 65.4 cm³/mol. The van der Waals surface area contributed by atoms with E-state index < -0.39 is 34.6 Å². The summed E-state index contributed by atoms with van der Waals surface area (Å²) in [7, 11) is 0. The molecule has 2 aromatic carbocycles. The highest BCUT2D eigenvalue weighted by Gasteiger charge is 2.23. The van der Waals surface area contributed by atoms with Crippen molar-refractivity contribution >= 4 is 6.08 Å². The van der Waals surface area contributed by atoms with Crippen LogP contribution in [0, 0.1) is 29.1 Å². The number of hydrogen-bond acceptors (Lipinski definition) is 0. The molecule has 0 atom stereocenters. The van der Waals surface area contributed by atoms with Gasteiger partial charge in [-0.2, -0.15) is 0 Å². The van der Waals surface area contributed by atoms with Gasteiger partial charge in [0.05, 0.1) is 5.56 Å². The molecule has 0 radical (unpaired) electrons. The lowest BCUT2D eigenvalue weighted by molar-refractivity contribution is 0.377. The van der Waals surface area contributed by atoms with Gasteiger partial charge in [-0.3, -0.25) is 0 Å². The number of hydrogen-bond donors (Lipinski definition) is 0. The standard InChI is InChI=1S/C15H9F5/c16-11-10(12(17)14(19)15(20)13(11)18)8-4-7-9-5-2-1-3-6-9/h1-6,8H,7H2/b8-4+. The molecule has 0 unspecified atom stereocenters. The molecule has 0 saturated heterocycles. The molecule has 0 aliphatic heterocycles. The highest BCUT2D eigenvalue weighted by atomic mass is 19.2. The van der Waals surface area contributed by atoms with E-state index in [9.17, 15) is 22.0 Å². The van der Waals surface area contributed by atoms with Crippen LogP contribution in [0.3, 0.4) is 0 Å². The first-order chi connectivity index (χ1) is 9.52. The number of allylic oxidation sites excluding steroid dienone is 1. The van der Waals surface area contributed by atoms with Crippen LogP contribution in [0.25, 0.3) is 6.08 Å².